The van der Waals surface area contributed by atoms with Gasteiger partial charge in [-0.15, -0.1) is 0 Å². The van der Waals surface area contributed by atoms with E-state index in [1.54, 1.807) is 13.0 Å². The van der Waals surface area contributed by atoms with Crippen molar-refractivity contribution in [3.63, 3.8) is 0 Å². The third-order valence-corrected chi connectivity index (χ3v) is 6.87. The molecule has 0 spiro atoms. The van der Waals surface area contributed by atoms with E-state index in [-0.39, 0.29) is 33.8 Å². The van der Waals surface area contributed by atoms with E-state index in [2.05, 4.69) is 15.3 Å². The van der Waals surface area contributed by atoms with Crippen LogP contribution in [0.4, 0.5) is 0 Å². The summed E-state index contributed by atoms with van der Waals surface area (Å²) >= 11 is 6.09. The van der Waals surface area contributed by atoms with Crippen molar-refractivity contribution in [2.24, 2.45) is 0 Å². The molecule has 9 heteroatoms. The zero-order chi connectivity index (χ0) is 24.5. The predicted molar refractivity (Wildman–Crippen MR) is 132 cm³/mol. The standard InChI is InChI=1S/C25H29ClN4O4/c1-4-30-21-20(23(32)29-24(30)33)18(13-19(28-21)15(2)3)22(31)27-14-25(9-11-34-12-10-25)16-5-7-17(26)8-6-16/h5-8,13,15H,4,9-12,14H2,1-3H3,(H,27,31)(H,29,32,33). The lowest BCUT2D eigenvalue weighted by Crippen LogP contribution is -2.45. The van der Waals surface area contributed by atoms with Crippen molar-refractivity contribution < 1.29 is 9.53 Å². The number of aryl methyl sites for hydroxylation is 1. The van der Waals surface area contributed by atoms with Gasteiger partial charge in [-0.3, -0.25) is 19.1 Å². The zero-order valence-corrected chi connectivity index (χ0v) is 20.4. The first kappa shape index (κ1) is 24.2. The van der Waals surface area contributed by atoms with Gasteiger partial charge in [0.05, 0.1) is 10.9 Å². The lowest BCUT2D eigenvalue weighted by atomic mass is 9.74. The Morgan fingerprint density at radius 3 is 2.53 bits per heavy atom. The topological polar surface area (TPSA) is 106 Å². The molecule has 2 N–H and O–H groups in total. The van der Waals surface area contributed by atoms with Crippen LogP contribution in [0.3, 0.4) is 0 Å². The molecule has 0 radical (unpaired) electrons. The van der Waals surface area contributed by atoms with Crippen LogP contribution >= 0.6 is 11.6 Å². The lowest BCUT2D eigenvalue weighted by Gasteiger charge is -2.38. The van der Waals surface area contributed by atoms with Crippen molar-refractivity contribution >= 4 is 28.5 Å². The number of hydrogen-bond donors (Lipinski definition) is 2. The molecule has 1 fully saturated rings. The maximum absolute atomic E-state index is 13.5. The number of halogens is 1. The predicted octanol–water partition coefficient (Wildman–Crippen LogP) is 3.36. The molecule has 1 aliphatic heterocycles. The number of nitrogens with zero attached hydrogens (tertiary/aromatic N) is 2. The highest BCUT2D eigenvalue weighted by atomic mass is 35.5. The Morgan fingerprint density at radius 2 is 1.91 bits per heavy atom. The highest BCUT2D eigenvalue weighted by Gasteiger charge is 2.35. The van der Waals surface area contributed by atoms with Crippen LogP contribution in [0.15, 0.2) is 39.9 Å². The summed E-state index contributed by atoms with van der Waals surface area (Å²) < 4.78 is 6.97. The van der Waals surface area contributed by atoms with E-state index in [0.717, 1.165) is 18.4 Å². The molecule has 34 heavy (non-hydrogen) atoms. The summed E-state index contributed by atoms with van der Waals surface area (Å²) in [7, 11) is 0. The molecule has 0 atom stereocenters. The van der Waals surface area contributed by atoms with Gasteiger partial charge in [0.25, 0.3) is 11.5 Å². The van der Waals surface area contributed by atoms with E-state index in [4.69, 9.17) is 16.3 Å². The van der Waals surface area contributed by atoms with Crippen LogP contribution in [0.5, 0.6) is 0 Å². The van der Waals surface area contributed by atoms with Crippen molar-refractivity contribution in [3.8, 4) is 0 Å². The van der Waals surface area contributed by atoms with Crippen LogP contribution in [-0.4, -0.2) is 40.2 Å². The molecular formula is C25H29ClN4O4. The van der Waals surface area contributed by atoms with Crippen LogP contribution in [0.1, 0.15) is 61.1 Å². The van der Waals surface area contributed by atoms with E-state index in [1.165, 1.54) is 4.57 Å². The molecule has 2 aromatic heterocycles. The first-order valence-electron chi connectivity index (χ1n) is 11.6. The molecule has 1 saturated heterocycles. The molecule has 1 amide bonds. The monoisotopic (exact) mass is 484 g/mol. The average Bonchev–Trinajstić information content (AvgIpc) is 2.83. The number of pyridine rings is 1. The van der Waals surface area contributed by atoms with Gasteiger partial charge in [0.2, 0.25) is 0 Å². The smallest absolute Gasteiger partial charge is 0.329 e. The van der Waals surface area contributed by atoms with Crippen molar-refractivity contribution in [1.82, 2.24) is 19.9 Å². The normalized spacial score (nSPS) is 15.6. The number of nitrogens with one attached hydrogen (secondary N) is 2. The molecule has 3 heterocycles. The molecule has 0 aliphatic carbocycles. The number of ether oxygens (including phenoxy) is 1. The minimum atomic E-state index is -0.615. The van der Waals surface area contributed by atoms with Crippen LogP contribution in [-0.2, 0) is 16.7 Å². The molecule has 1 aromatic carbocycles. The number of H-pyrrole nitrogens is 1. The molecule has 8 nitrogen and oxygen atoms in total. The SMILES string of the molecule is CCn1c(=O)[nH]c(=O)c2c(C(=O)NCC3(c4ccc(Cl)cc4)CCOCC3)cc(C(C)C)nc21. The van der Waals surface area contributed by atoms with Gasteiger partial charge < -0.3 is 10.1 Å². The van der Waals surface area contributed by atoms with E-state index in [1.807, 2.05) is 38.1 Å². The van der Waals surface area contributed by atoms with Gasteiger partial charge in [-0.2, -0.15) is 0 Å². The maximum Gasteiger partial charge on any atom is 0.329 e. The first-order chi connectivity index (χ1) is 16.3. The third-order valence-electron chi connectivity index (χ3n) is 6.61. The van der Waals surface area contributed by atoms with Gasteiger partial charge in [0, 0.05) is 42.4 Å². The fourth-order valence-corrected chi connectivity index (χ4v) is 4.67. The molecule has 1 aliphatic rings. The van der Waals surface area contributed by atoms with Crippen LogP contribution in [0.25, 0.3) is 11.0 Å². The molecular weight excluding hydrogens is 456 g/mol. The van der Waals surface area contributed by atoms with Crippen molar-refractivity contribution in [3.05, 3.63) is 73.0 Å². The van der Waals surface area contributed by atoms with Gasteiger partial charge in [0.1, 0.15) is 0 Å². The van der Waals surface area contributed by atoms with E-state index < -0.39 is 11.2 Å². The Bertz CT molecular complexity index is 1320. The van der Waals surface area contributed by atoms with E-state index in [9.17, 15) is 14.4 Å². The Labute approximate surface area is 202 Å². The number of hydrogen-bond acceptors (Lipinski definition) is 5. The van der Waals surface area contributed by atoms with E-state index in [0.29, 0.717) is 37.0 Å². The minimum Gasteiger partial charge on any atom is -0.381 e. The third kappa shape index (κ3) is 4.52. The second kappa shape index (κ2) is 9.72. The summed E-state index contributed by atoms with van der Waals surface area (Å²) in [5, 5.41) is 3.84. The Hall–Kier alpha value is -2.97. The Kier molecular flexibility index (Phi) is 6.91. The molecule has 180 valence electrons. The zero-order valence-electron chi connectivity index (χ0n) is 19.6. The highest BCUT2D eigenvalue weighted by Crippen LogP contribution is 2.35. The van der Waals surface area contributed by atoms with Gasteiger partial charge in [-0.05, 0) is 49.4 Å². The van der Waals surface area contributed by atoms with Crippen LogP contribution in [0.2, 0.25) is 5.02 Å². The van der Waals surface area contributed by atoms with Crippen molar-refractivity contribution in [1.29, 1.82) is 0 Å². The maximum atomic E-state index is 13.5. The lowest BCUT2D eigenvalue weighted by molar-refractivity contribution is 0.0487. The number of carbonyl (C=O) groups is 1. The minimum absolute atomic E-state index is 0.00606. The van der Waals surface area contributed by atoms with Gasteiger partial charge in [-0.25, -0.2) is 9.78 Å². The summed E-state index contributed by atoms with van der Waals surface area (Å²) in [5.41, 5.74) is 0.713. The van der Waals surface area contributed by atoms with Crippen molar-refractivity contribution in [2.45, 2.75) is 51.5 Å². The second-order valence-corrected chi connectivity index (χ2v) is 9.47. The molecule has 4 rings (SSSR count). The fraction of sp³-hybridized carbons (Fsp3) is 0.440. The van der Waals surface area contributed by atoms with Crippen LogP contribution < -0.4 is 16.6 Å². The Balaban J connectivity index is 1.75. The van der Waals surface area contributed by atoms with Gasteiger partial charge >= 0.3 is 5.69 Å². The average molecular weight is 485 g/mol. The number of aromatic amines is 1. The number of carbonyl (C=O) groups excluding carboxylic acids is 1. The largest absolute Gasteiger partial charge is 0.381 e. The number of fused-ring (bicyclic) bond motifs is 1. The van der Waals surface area contributed by atoms with Crippen molar-refractivity contribution in [2.75, 3.05) is 19.8 Å². The molecule has 0 unspecified atom stereocenters. The number of rotatable bonds is 6. The first-order valence-corrected chi connectivity index (χ1v) is 11.9. The van der Waals surface area contributed by atoms with Crippen LogP contribution in [0, 0.1) is 0 Å². The quantitative estimate of drug-likeness (QED) is 0.558. The Morgan fingerprint density at radius 1 is 1.24 bits per heavy atom. The number of benzene rings is 1. The van der Waals surface area contributed by atoms with Gasteiger partial charge in [0.15, 0.2) is 5.65 Å². The summed E-state index contributed by atoms with van der Waals surface area (Å²) in [5.74, 6) is -0.368. The highest BCUT2D eigenvalue weighted by molar-refractivity contribution is 6.30. The summed E-state index contributed by atoms with van der Waals surface area (Å²) in [6, 6.07) is 9.34. The fourth-order valence-electron chi connectivity index (χ4n) is 4.54. The summed E-state index contributed by atoms with van der Waals surface area (Å²) in [4.78, 5) is 45.5. The summed E-state index contributed by atoms with van der Waals surface area (Å²) in [6.45, 7) is 7.59. The molecule has 0 bridgehead atoms. The molecule has 3 aromatic rings. The number of amides is 1. The summed E-state index contributed by atoms with van der Waals surface area (Å²) in [6.07, 6.45) is 1.50. The van der Waals surface area contributed by atoms with E-state index >= 15 is 0 Å². The number of aromatic nitrogens is 3. The second-order valence-electron chi connectivity index (χ2n) is 9.03. The molecule has 0 saturated carbocycles. The van der Waals surface area contributed by atoms with Gasteiger partial charge in [-0.1, -0.05) is 37.6 Å².